The second kappa shape index (κ2) is 7.56. The fourth-order valence-corrected chi connectivity index (χ4v) is 2.84. The zero-order valence-electron chi connectivity index (χ0n) is 13.1. The summed E-state index contributed by atoms with van der Waals surface area (Å²) in [5.74, 6) is -0.604. The Bertz CT molecular complexity index is 491. The first-order valence-corrected chi connectivity index (χ1v) is 7.91. The van der Waals surface area contributed by atoms with Gasteiger partial charge in [-0.1, -0.05) is 20.8 Å². The Labute approximate surface area is 129 Å². The minimum atomic E-state index is -0.423. The van der Waals surface area contributed by atoms with Crippen molar-refractivity contribution in [3.05, 3.63) is 17.0 Å². The number of nitrogens with two attached hydrogens (primary N) is 1. The van der Waals surface area contributed by atoms with Crippen LogP contribution in [-0.4, -0.2) is 24.5 Å². The molecule has 5 nitrogen and oxygen atoms in total. The zero-order valence-corrected chi connectivity index (χ0v) is 13.9. The van der Waals surface area contributed by atoms with Crippen molar-refractivity contribution in [3.8, 4) is 0 Å². The van der Waals surface area contributed by atoms with Crippen LogP contribution in [0.5, 0.6) is 0 Å². The molecule has 0 radical (unpaired) electrons. The van der Waals surface area contributed by atoms with Crippen molar-refractivity contribution in [2.45, 2.75) is 46.6 Å². The molecule has 0 saturated carbocycles. The molecule has 0 aliphatic rings. The van der Waals surface area contributed by atoms with Crippen LogP contribution in [-0.2, 0) is 9.53 Å². The highest BCUT2D eigenvalue weighted by atomic mass is 32.1. The maximum Gasteiger partial charge on any atom is 0.341 e. The minimum Gasteiger partial charge on any atom is -0.462 e. The van der Waals surface area contributed by atoms with Gasteiger partial charge in [0, 0.05) is 12.5 Å². The molecule has 0 saturated heterocycles. The third-order valence-corrected chi connectivity index (χ3v) is 3.57. The van der Waals surface area contributed by atoms with Gasteiger partial charge in [-0.25, -0.2) is 4.79 Å². The summed E-state index contributed by atoms with van der Waals surface area (Å²) in [5.41, 5.74) is 6.46. The highest BCUT2D eigenvalue weighted by Gasteiger charge is 2.20. The van der Waals surface area contributed by atoms with Gasteiger partial charge in [0.1, 0.15) is 5.00 Å². The first-order chi connectivity index (χ1) is 9.73. The van der Waals surface area contributed by atoms with E-state index in [1.54, 1.807) is 18.4 Å². The van der Waals surface area contributed by atoms with E-state index in [2.05, 4.69) is 26.1 Å². The van der Waals surface area contributed by atoms with Crippen LogP contribution in [0.15, 0.2) is 11.4 Å². The summed E-state index contributed by atoms with van der Waals surface area (Å²) in [6, 6.07) is 1.45. The van der Waals surface area contributed by atoms with Gasteiger partial charge < -0.3 is 15.8 Å². The number of anilines is 1. The fourth-order valence-electron chi connectivity index (χ4n) is 2.05. The molecule has 0 aliphatic heterocycles. The lowest BCUT2D eigenvalue weighted by Gasteiger charge is -2.22. The predicted molar refractivity (Wildman–Crippen MR) is 85.6 cm³/mol. The Morgan fingerprint density at radius 2 is 2.10 bits per heavy atom. The van der Waals surface area contributed by atoms with Crippen molar-refractivity contribution in [2.75, 3.05) is 11.9 Å². The highest BCUT2D eigenvalue weighted by molar-refractivity contribution is 7.14. The van der Waals surface area contributed by atoms with Gasteiger partial charge in [-0.15, -0.1) is 11.3 Å². The van der Waals surface area contributed by atoms with E-state index in [9.17, 15) is 9.59 Å². The summed E-state index contributed by atoms with van der Waals surface area (Å²) in [6.45, 7) is 8.31. The molecule has 1 atom stereocenters. The first-order valence-electron chi connectivity index (χ1n) is 7.03. The van der Waals surface area contributed by atoms with Crippen molar-refractivity contribution >= 4 is 28.2 Å². The molecular weight excluding hydrogens is 288 g/mol. The van der Waals surface area contributed by atoms with Gasteiger partial charge in [-0.05, 0) is 30.2 Å². The molecule has 1 rings (SSSR count). The summed E-state index contributed by atoms with van der Waals surface area (Å²) in [4.78, 5) is 23.7. The van der Waals surface area contributed by atoms with Gasteiger partial charge in [-0.2, -0.15) is 0 Å². The molecule has 0 bridgehead atoms. The smallest absolute Gasteiger partial charge is 0.341 e. The van der Waals surface area contributed by atoms with Crippen LogP contribution in [0.3, 0.4) is 0 Å². The number of carbonyl (C=O) groups is 2. The van der Waals surface area contributed by atoms with E-state index < -0.39 is 5.97 Å². The van der Waals surface area contributed by atoms with E-state index >= 15 is 0 Å². The van der Waals surface area contributed by atoms with E-state index in [0.29, 0.717) is 17.2 Å². The van der Waals surface area contributed by atoms with Crippen molar-refractivity contribution in [2.24, 2.45) is 11.1 Å². The van der Waals surface area contributed by atoms with Gasteiger partial charge >= 0.3 is 5.97 Å². The number of esters is 1. The van der Waals surface area contributed by atoms with Crippen LogP contribution in [0.4, 0.5) is 5.00 Å². The molecule has 118 valence electrons. The number of thiophene rings is 1. The van der Waals surface area contributed by atoms with Crippen molar-refractivity contribution in [3.63, 3.8) is 0 Å². The first kappa shape index (κ1) is 17.7. The molecular formula is C15H24N2O3S. The molecule has 1 amide bonds. The molecule has 0 fully saturated rings. The van der Waals surface area contributed by atoms with E-state index in [-0.39, 0.29) is 23.8 Å². The van der Waals surface area contributed by atoms with Gasteiger partial charge in [0.05, 0.1) is 12.2 Å². The van der Waals surface area contributed by atoms with Crippen molar-refractivity contribution in [1.29, 1.82) is 0 Å². The van der Waals surface area contributed by atoms with Crippen LogP contribution in [0, 0.1) is 5.41 Å². The maximum absolute atomic E-state index is 12.0. The molecule has 0 aromatic carbocycles. The van der Waals surface area contributed by atoms with Crippen LogP contribution in [0.2, 0.25) is 0 Å². The van der Waals surface area contributed by atoms with E-state index in [1.165, 1.54) is 11.3 Å². The summed E-state index contributed by atoms with van der Waals surface area (Å²) < 4.78 is 4.95. The SMILES string of the molecule is CCOC(=O)c1ccsc1NC(=O)CC(N)CC(C)(C)C. The Morgan fingerprint density at radius 1 is 1.43 bits per heavy atom. The van der Waals surface area contributed by atoms with Gasteiger partial charge in [-0.3, -0.25) is 4.79 Å². The van der Waals surface area contributed by atoms with E-state index in [1.807, 2.05) is 0 Å². The maximum atomic E-state index is 12.0. The summed E-state index contributed by atoms with van der Waals surface area (Å²) in [6.07, 6.45) is 0.993. The average molecular weight is 312 g/mol. The number of ether oxygens (including phenoxy) is 1. The van der Waals surface area contributed by atoms with Crippen molar-refractivity contribution in [1.82, 2.24) is 0 Å². The minimum absolute atomic E-state index is 0.0821. The predicted octanol–water partition coefficient (Wildman–Crippen LogP) is 3.02. The lowest BCUT2D eigenvalue weighted by atomic mass is 9.87. The Balaban J connectivity index is 2.60. The molecule has 6 heteroatoms. The average Bonchev–Trinajstić information content (AvgIpc) is 2.74. The second-order valence-electron chi connectivity index (χ2n) is 6.16. The van der Waals surface area contributed by atoms with E-state index in [4.69, 9.17) is 10.5 Å². The lowest BCUT2D eigenvalue weighted by molar-refractivity contribution is -0.116. The molecule has 0 spiro atoms. The summed E-state index contributed by atoms with van der Waals surface area (Å²) in [5, 5.41) is 5.01. The molecule has 1 heterocycles. The molecule has 3 N–H and O–H groups in total. The topological polar surface area (TPSA) is 81.4 Å². The number of hydrogen-bond donors (Lipinski definition) is 2. The van der Waals surface area contributed by atoms with Gasteiger partial charge in [0.25, 0.3) is 0 Å². The second-order valence-corrected chi connectivity index (χ2v) is 7.08. The third-order valence-electron chi connectivity index (χ3n) is 2.74. The number of rotatable bonds is 6. The third kappa shape index (κ3) is 6.27. The number of nitrogens with one attached hydrogen (secondary N) is 1. The van der Waals surface area contributed by atoms with Crippen molar-refractivity contribution < 1.29 is 14.3 Å². The van der Waals surface area contributed by atoms with Gasteiger partial charge in [0.15, 0.2) is 0 Å². The number of hydrogen-bond acceptors (Lipinski definition) is 5. The van der Waals surface area contributed by atoms with Crippen LogP contribution < -0.4 is 11.1 Å². The fraction of sp³-hybridized carbons (Fsp3) is 0.600. The zero-order chi connectivity index (χ0) is 16.0. The quantitative estimate of drug-likeness (QED) is 0.791. The Hall–Kier alpha value is -1.40. The molecule has 0 aliphatic carbocycles. The molecule has 1 aromatic heterocycles. The molecule has 21 heavy (non-hydrogen) atoms. The van der Waals surface area contributed by atoms with Crippen LogP contribution in [0.25, 0.3) is 0 Å². The van der Waals surface area contributed by atoms with Gasteiger partial charge in [0.2, 0.25) is 5.91 Å². The molecule has 1 aromatic rings. The monoisotopic (exact) mass is 312 g/mol. The Morgan fingerprint density at radius 3 is 2.67 bits per heavy atom. The molecule has 1 unspecified atom stereocenters. The summed E-state index contributed by atoms with van der Waals surface area (Å²) in [7, 11) is 0. The number of amides is 1. The Kier molecular flexibility index (Phi) is 6.36. The summed E-state index contributed by atoms with van der Waals surface area (Å²) >= 11 is 1.30. The van der Waals surface area contributed by atoms with Crippen LogP contribution in [0.1, 0.15) is 50.9 Å². The van der Waals surface area contributed by atoms with Crippen LogP contribution >= 0.6 is 11.3 Å². The standard InChI is InChI=1S/C15H24N2O3S/c1-5-20-14(19)11-6-7-21-13(11)17-12(18)8-10(16)9-15(2,3)4/h6-7,10H,5,8-9,16H2,1-4H3,(H,17,18). The van der Waals surface area contributed by atoms with E-state index in [0.717, 1.165) is 6.42 Å². The highest BCUT2D eigenvalue weighted by Crippen LogP contribution is 2.25. The normalized spacial score (nSPS) is 12.8. The lowest BCUT2D eigenvalue weighted by Crippen LogP contribution is -2.31. The number of carbonyl (C=O) groups excluding carboxylic acids is 2. The largest absolute Gasteiger partial charge is 0.462 e.